The predicted octanol–water partition coefficient (Wildman–Crippen LogP) is 3.99. The van der Waals surface area contributed by atoms with E-state index in [1.54, 1.807) is 18.1 Å². The largest absolute Gasteiger partial charge is 0.497 e. The Morgan fingerprint density at radius 1 is 1.07 bits per heavy atom. The van der Waals surface area contributed by atoms with E-state index in [9.17, 15) is 4.79 Å². The van der Waals surface area contributed by atoms with Gasteiger partial charge < -0.3 is 15.4 Å². The van der Waals surface area contributed by atoms with Gasteiger partial charge in [0.15, 0.2) is 0 Å². The highest BCUT2D eigenvalue weighted by molar-refractivity contribution is 5.84. The Bertz CT molecular complexity index is 1140. The maximum Gasteiger partial charge on any atom is 0.315 e. The summed E-state index contributed by atoms with van der Waals surface area (Å²) in [5, 5.41) is 12.2. The monoisotopic (exact) mass is 401 g/mol. The molecule has 7 nitrogen and oxygen atoms in total. The zero-order valence-electron chi connectivity index (χ0n) is 16.9. The molecule has 152 valence electrons. The average Bonchev–Trinajstić information content (AvgIpc) is 3.32. The minimum Gasteiger partial charge on any atom is -0.497 e. The SMILES string of the molecule is COc1ccc2cc(CNC(=O)NC(C)c3ccc(-n4cncn4)cc3)ccc2c1. The fraction of sp³-hybridized carbons (Fsp3) is 0.174. The number of rotatable bonds is 6. The van der Waals surface area contributed by atoms with E-state index >= 15 is 0 Å². The lowest BCUT2D eigenvalue weighted by Gasteiger charge is -2.16. The summed E-state index contributed by atoms with van der Waals surface area (Å²) in [6, 6.07) is 19.6. The molecule has 0 saturated heterocycles. The molecule has 4 aromatic rings. The summed E-state index contributed by atoms with van der Waals surface area (Å²) >= 11 is 0. The molecule has 3 aromatic carbocycles. The van der Waals surface area contributed by atoms with E-state index in [0.29, 0.717) is 6.54 Å². The molecule has 0 spiro atoms. The molecule has 1 atom stereocenters. The fourth-order valence-corrected chi connectivity index (χ4v) is 3.28. The summed E-state index contributed by atoms with van der Waals surface area (Å²) < 4.78 is 6.95. The molecule has 1 heterocycles. The number of carbonyl (C=O) groups is 1. The summed E-state index contributed by atoms with van der Waals surface area (Å²) in [6.07, 6.45) is 3.14. The third-order valence-electron chi connectivity index (χ3n) is 4.99. The van der Waals surface area contributed by atoms with Crippen molar-refractivity contribution in [1.82, 2.24) is 25.4 Å². The molecule has 0 saturated carbocycles. The molecule has 4 rings (SSSR count). The molecule has 30 heavy (non-hydrogen) atoms. The molecule has 0 aliphatic rings. The van der Waals surface area contributed by atoms with Crippen LogP contribution in [0.25, 0.3) is 16.5 Å². The predicted molar refractivity (Wildman–Crippen MR) is 116 cm³/mol. The van der Waals surface area contributed by atoms with Gasteiger partial charge in [0.05, 0.1) is 18.8 Å². The van der Waals surface area contributed by atoms with E-state index in [0.717, 1.165) is 33.3 Å². The van der Waals surface area contributed by atoms with Crippen molar-refractivity contribution in [1.29, 1.82) is 0 Å². The van der Waals surface area contributed by atoms with Gasteiger partial charge in [-0.15, -0.1) is 0 Å². The standard InChI is InChI=1S/C23H23N5O2/c1-16(18-5-8-21(9-6-18)28-15-24-14-26-28)27-23(29)25-13-17-3-4-20-12-22(30-2)10-7-19(20)11-17/h3-12,14-16H,13H2,1-2H3,(H2,25,27,29). The van der Waals surface area contributed by atoms with Gasteiger partial charge in [-0.05, 0) is 59.2 Å². The van der Waals surface area contributed by atoms with E-state index in [1.807, 2.05) is 61.5 Å². The third kappa shape index (κ3) is 4.41. The number of methoxy groups -OCH3 is 1. The Morgan fingerprint density at radius 3 is 2.57 bits per heavy atom. The number of nitrogens with one attached hydrogen (secondary N) is 2. The number of nitrogens with zero attached hydrogens (tertiary/aromatic N) is 3. The van der Waals surface area contributed by atoms with E-state index < -0.39 is 0 Å². The first-order valence-corrected chi connectivity index (χ1v) is 9.68. The van der Waals surface area contributed by atoms with Crippen LogP contribution in [0.1, 0.15) is 24.1 Å². The molecule has 0 radical (unpaired) electrons. The minimum absolute atomic E-state index is 0.126. The van der Waals surface area contributed by atoms with E-state index in [2.05, 4.69) is 26.8 Å². The maximum absolute atomic E-state index is 12.3. The fourth-order valence-electron chi connectivity index (χ4n) is 3.28. The van der Waals surface area contributed by atoms with Crippen molar-refractivity contribution in [3.05, 3.63) is 84.4 Å². The maximum atomic E-state index is 12.3. The molecule has 7 heteroatoms. The van der Waals surface area contributed by atoms with Crippen LogP contribution in [0.3, 0.4) is 0 Å². The number of amides is 2. The van der Waals surface area contributed by atoms with Crippen LogP contribution in [-0.4, -0.2) is 27.9 Å². The number of carbonyl (C=O) groups excluding carboxylic acids is 1. The number of ether oxygens (including phenoxy) is 1. The summed E-state index contributed by atoms with van der Waals surface area (Å²) in [5.41, 5.74) is 2.96. The number of benzene rings is 3. The van der Waals surface area contributed by atoms with Crippen LogP contribution in [0.5, 0.6) is 5.75 Å². The zero-order valence-corrected chi connectivity index (χ0v) is 16.9. The van der Waals surface area contributed by atoms with Gasteiger partial charge in [0, 0.05) is 6.54 Å². The summed E-state index contributed by atoms with van der Waals surface area (Å²) in [4.78, 5) is 16.3. The van der Waals surface area contributed by atoms with Crippen molar-refractivity contribution >= 4 is 16.8 Å². The Labute approximate surface area is 174 Å². The van der Waals surface area contributed by atoms with Gasteiger partial charge in [-0.1, -0.05) is 30.3 Å². The average molecular weight is 401 g/mol. The van der Waals surface area contributed by atoms with Crippen LogP contribution in [0.2, 0.25) is 0 Å². The zero-order chi connectivity index (χ0) is 20.9. The molecule has 0 fully saturated rings. The number of aromatic nitrogens is 3. The second-order valence-corrected chi connectivity index (χ2v) is 7.03. The lowest BCUT2D eigenvalue weighted by atomic mass is 10.1. The van der Waals surface area contributed by atoms with Gasteiger partial charge in [-0.2, -0.15) is 5.10 Å². The molecule has 1 unspecified atom stereocenters. The van der Waals surface area contributed by atoms with Crippen molar-refractivity contribution in [2.75, 3.05) is 7.11 Å². The van der Waals surface area contributed by atoms with E-state index in [-0.39, 0.29) is 12.1 Å². The number of fused-ring (bicyclic) bond motifs is 1. The van der Waals surface area contributed by atoms with Gasteiger partial charge in [0.25, 0.3) is 0 Å². The van der Waals surface area contributed by atoms with Gasteiger partial charge >= 0.3 is 6.03 Å². The molecule has 2 N–H and O–H groups in total. The Morgan fingerprint density at radius 2 is 1.83 bits per heavy atom. The molecular weight excluding hydrogens is 378 g/mol. The van der Waals surface area contributed by atoms with Crippen molar-refractivity contribution in [3.8, 4) is 11.4 Å². The van der Waals surface area contributed by atoms with Crippen LogP contribution >= 0.6 is 0 Å². The molecule has 2 amide bonds. The number of urea groups is 1. The van der Waals surface area contributed by atoms with Crippen molar-refractivity contribution in [2.45, 2.75) is 19.5 Å². The van der Waals surface area contributed by atoms with Crippen LogP contribution in [0, 0.1) is 0 Å². The quantitative estimate of drug-likeness (QED) is 0.512. The van der Waals surface area contributed by atoms with Crippen molar-refractivity contribution in [3.63, 3.8) is 0 Å². The Kier molecular flexibility index (Phi) is 5.61. The molecule has 0 bridgehead atoms. The van der Waals surface area contributed by atoms with Crippen LogP contribution < -0.4 is 15.4 Å². The first-order valence-electron chi connectivity index (χ1n) is 9.68. The summed E-state index contributed by atoms with van der Waals surface area (Å²) in [6.45, 7) is 2.40. The van der Waals surface area contributed by atoms with Crippen molar-refractivity contribution < 1.29 is 9.53 Å². The second kappa shape index (κ2) is 8.65. The van der Waals surface area contributed by atoms with Gasteiger partial charge in [0.2, 0.25) is 0 Å². The minimum atomic E-state index is -0.210. The van der Waals surface area contributed by atoms with Crippen molar-refractivity contribution in [2.24, 2.45) is 0 Å². The smallest absolute Gasteiger partial charge is 0.315 e. The van der Waals surface area contributed by atoms with Gasteiger partial charge in [0.1, 0.15) is 18.4 Å². The number of hydrogen-bond donors (Lipinski definition) is 2. The topological polar surface area (TPSA) is 81.1 Å². The Balaban J connectivity index is 1.33. The highest BCUT2D eigenvalue weighted by atomic mass is 16.5. The van der Waals surface area contributed by atoms with Gasteiger partial charge in [-0.25, -0.2) is 14.5 Å². The lowest BCUT2D eigenvalue weighted by Crippen LogP contribution is -2.36. The normalized spacial score (nSPS) is 11.8. The third-order valence-corrected chi connectivity index (χ3v) is 4.99. The van der Waals surface area contributed by atoms with Crippen LogP contribution in [-0.2, 0) is 6.54 Å². The first kappa shape index (κ1) is 19.4. The van der Waals surface area contributed by atoms with Gasteiger partial charge in [-0.3, -0.25) is 0 Å². The first-order chi connectivity index (χ1) is 14.6. The molecule has 0 aliphatic heterocycles. The summed E-state index contributed by atoms with van der Waals surface area (Å²) in [5.74, 6) is 0.830. The number of hydrogen-bond acceptors (Lipinski definition) is 4. The van der Waals surface area contributed by atoms with E-state index in [1.165, 1.54) is 6.33 Å². The van der Waals surface area contributed by atoms with E-state index in [4.69, 9.17) is 4.74 Å². The van der Waals surface area contributed by atoms with Crippen LogP contribution in [0.4, 0.5) is 4.79 Å². The molecular formula is C23H23N5O2. The molecule has 0 aliphatic carbocycles. The molecule has 1 aromatic heterocycles. The lowest BCUT2D eigenvalue weighted by molar-refractivity contribution is 0.237. The highest BCUT2D eigenvalue weighted by Crippen LogP contribution is 2.22. The van der Waals surface area contributed by atoms with Crippen LogP contribution in [0.15, 0.2) is 73.3 Å². The second-order valence-electron chi connectivity index (χ2n) is 7.03. The highest BCUT2D eigenvalue weighted by Gasteiger charge is 2.10. The Hall–Kier alpha value is -3.87. The summed E-state index contributed by atoms with van der Waals surface area (Å²) in [7, 11) is 1.66.